The average molecular weight is 403 g/mol. The van der Waals surface area contributed by atoms with Gasteiger partial charge in [-0.3, -0.25) is 9.10 Å². The van der Waals surface area contributed by atoms with E-state index in [9.17, 15) is 13.2 Å². The van der Waals surface area contributed by atoms with Gasteiger partial charge in [-0.15, -0.1) is 0 Å². The van der Waals surface area contributed by atoms with Gasteiger partial charge in [0.05, 0.1) is 24.1 Å². The van der Waals surface area contributed by atoms with Crippen molar-refractivity contribution >= 4 is 33.2 Å². The van der Waals surface area contributed by atoms with Crippen LogP contribution in [0.2, 0.25) is 5.02 Å². The maximum absolute atomic E-state index is 12.7. The van der Waals surface area contributed by atoms with Crippen LogP contribution in [0, 0.1) is 0 Å². The summed E-state index contributed by atoms with van der Waals surface area (Å²) in [5, 5.41) is 3.30. The number of halogens is 1. The van der Waals surface area contributed by atoms with Gasteiger partial charge in [0.25, 0.3) is 0 Å². The van der Waals surface area contributed by atoms with Crippen molar-refractivity contribution in [1.82, 2.24) is 5.32 Å². The van der Waals surface area contributed by atoms with Crippen LogP contribution in [0.15, 0.2) is 18.2 Å². The van der Waals surface area contributed by atoms with Crippen LogP contribution < -0.4 is 14.4 Å². The normalized spacial score (nSPS) is 17.2. The number of anilines is 1. The van der Waals surface area contributed by atoms with Gasteiger partial charge in [0.1, 0.15) is 11.8 Å². The molecular weight excluding hydrogens is 376 g/mol. The largest absolute Gasteiger partial charge is 0.495 e. The van der Waals surface area contributed by atoms with Crippen molar-refractivity contribution < 1.29 is 17.9 Å². The molecule has 1 N–H and O–H groups in total. The Morgan fingerprint density at radius 3 is 2.38 bits per heavy atom. The number of nitrogens with zero attached hydrogens (tertiary/aromatic N) is 1. The summed E-state index contributed by atoms with van der Waals surface area (Å²) in [4.78, 5) is 12.7. The highest BCUT2D eigenvalue weighted by Gasteiger charge is 2.30. The maximum Gasteiger partial charge on any atom is 0.243 e. The molecule has 0 saturated heterocycles. The highest BCUT2D eigenvalue weighted by atomic mass is 35.5. The Hall–Kier alpha value is -1.47. The smallest absolute Gasteiger partial charge is 0.243 e. The second-order valence-electron chi connectivity index (χ2n) is 6.75. The lowest BCUT2D eigenvalue weighted by Gasteiger charge is -2.30. The van der Waals surface area contributed by atoms with Gasteiger partial charge in [0, 0.05) is 6.04 Å². The van der Waals surface area contributed by atoms with Crippen LogP contribution in [0.25, 0.3) is 0 Å². The Kier molecular flexibility index (Phi) is 7.17. The number of rotatable bonds is 6. The minimum absolute atomic E-state index is 0.105. The molecule has 1 amide bonds. The summed E-state index contributed by atoms with van der Waals surface area (Å²) in [6, 6.07) is 3.90. The quantitative estimate of drug-likeness (QED) is 0.740. The molecule has 1 saturated carbocycles. The molecule has 2 rings (SSSR count). The van der Waals surface area contributed by atoms with E-state index in [-0.39, 0.29) is 17.0 Å². The van der Waals surface area contributed by atoms with Gasteiger partial charge in [0.15, 0.2) is 0 Å². The molecule has 1 aliphatic rings. The third-order valence-corrected chi connectivity index (χ3v) is 6.22. The molecule has 1 atom stereocenters. The lowest BCUT2D eigenvalue weighted by atomic mass is 10.1. The fraction of sp³-hybridized carbons (Fsp3) is 0.611. The first-order valence-electron chi connectivity index (χ1n) is 8.87. The summed E-state index contributed by atoms with van der Waals surface area (Å²) in [5.41, 5.74) is 0.335. The number of nitrogens with one attached hydrogen (secondary N) is 1. The van der Waals surface area contributed by atoms with E-state index in [0.29, 0.717) is 11.4 Å². The predicted octanol–water partition coefficient (Wildman–Crippen LogP) is 3.34. The van der Waals surface area contributed by atoms with Gasteiger partial charge < -0.3 is 10.1 Å². The van der Waals surface area contributed by atoms with Crippen molar-refractivity contribution in [2.75, 3.05) is 17.7 Å². The first kappa shape index (κ1) is 20.8. The van der Waals surface area contributed by atoms with E-state index in [0.717, 1.165) is 36.2 Å². The van der Waals surface area contributed by atoms with Crippen LogP contribution in [-0.4, -0.2) is 39.8 Å². The monoisotopic (exact) mass is 402 g/mol. The molecule has 1 aromatic rings. The molecule has 0 aromatic heterocycles. The summed E-state index contributed by atoms with van der Waals surface area (Å²) in [5.74, 6) is 0.147. The summed E-state index contributed by atoms with van der Waals surface area (Å²) in [7, 11) is -2.19. The molecule has 146 valence electrons. The molecule has 8 heteroatoms. The second-order valence-corrected chi connectivity index (χ2v) is 9.02. The maximum atomic E-state index is 12.7. The number of ether oxygens (including phenoxy) is 1. The predicted molar refractivity (Wildman–Crippen MR) is 104 cm³/mol. The Morgan fingerprint density at radius 1 is 1.27 bits per heavy atom. The summed E-state index contributed by atoms with van der Waals surface area (Å²) < 4.78 is 30.9. The Morgan fingerprint density at radius 2 is 1.88 bits per heavy atom. The molecule has 0 unspecified atom stereocenters. The molecule has 1 aliphatic carbocycles. The third-order valence-electron chi connectivity index (χ3n) is 4.68. The van der Waals surface area contributed by atoms with Crippen LogP contribution in [0.3, 0.4) is 0 Å². The molecular formula is C18H27ClN2O4S. The SMILES string of the molecule is COc1ccc(N([C@H](C)C(=O)NC2CCCCCC2)S(C)(=O)=O)cc1Cl. The van der Waals surface area contributed by atoms with Crippen LogP contribution in [0.5, 0.6) is 5.75 Å². The van der Waals surface area contributed by atoms with Gasteiger partial charge in [-0.05, 0) is 38.0 Å². The van der Waals surface area contributed by atoms with Crippen molar-refractivity contribution in [2.24, 2.45) is 0 Å². The first-order valence-corrected chi connectivity index (χ1v) is 11.1. The van der Waals surface area contributed by atoms with E-state index >= 15 is 0 Å². The minimum atomic E-state index is -3.67. The summed E-state index contributed by atoms with van der Waals surface area (Å²) >= 11 is 6.13. The minimum Gasteiger partial charge on any atom is -0.495 e. The van der Waals surface area contributed by atoms with E-state index in [1.165, 1.54) is 26.0 Å². The molecule has 0 bridgehead atoms. The average Bonchev–Trinajstić information content (AvgIpc) is 2.82. The van der Waals surface area contributed by atoms with Crippen molar-refractivity contribution in [3.63, 3.8) is 0 Å². The number of methoxy groups -OCH3 is 1. The highest BCUT2D eigenvalue weighted by Crippen LogP contribution is 2.31. The zero-order chi connectivity index (χ0) is 19.3. The van der Waals surface area contributed by atoms with Gasteiger partial charge in [-0.1, -0.05) is 37.3 Å². The molecule has 1 fully saturated rings. The number of carbonyl (C=O) groups excluding carboxylic acids is 1. The van der Waals surface area contributed by atoms with E-state index < -0.39 is 16.1 Å². The number of benzene rings is 1. The Bertz CT molecular complexity index is 731. The van der Waals surface area contributed by atoms with E-state index in [4.69, 9.17) is 16.3 Å². The van der Waals surface area contributed by atoms with Gasteiger partial charge in [0.2, 0.25) is 15.9 Å². The van der Waals surface area contributed by atoms with Gasteiger partial charge in [-0.25, -0.2) is 8.42 Å². The lowest BCUT2D eigenvalue weighted by Crippen LogP contribution is -2.50. The number of hydrogen-bond acceptors (Lipinski definition) is 4. The molecule has 0 radical (unpaired) electrons. The molecule has 26 heavy (non-hydrogen) atoms. The zero-order valence-electron chi connectivity index (χ0n) is 15.5. The number of carbonyl (C=O) groups is 1. The van der Waals surface area contributed by atoms with Crippen LogP contribution in [-0.2, 0) is 14.8 Å². The van der Waals surface area contributed by atoms with E-state index in [2.05, 4.69) is 5.32 Å². The highest BCUT2D eigenvalue weighted by molar-refractivity contribution is 7.92. The van der Waals surface area contributed by atoms with Crippen molar-refractivity contribution in [3.05, 3.63) is 23.2 Å². The van der Waals surface area contributed by atoms with Crippen molar-refractivity contribution in [1.29, 1.82) is 0 Å². The molecule has 1 aromatic carbocycles. The summed E-state index contributed by atoms with van der Waals surface area (Å²) in [6.07, 6.45) is 7.49. The fourth-order valence-corrected chi connectivity index (χ4v) is 4.77. The first-order chi connectivity index (χ1) is 12.2. The van der Waals surface area contributed by atoms with Gasteiger partial charge in [-0.2, -0.15) is 0 Å². The number of hydrogen-bond donors (Lipinski definition) is 1. The standard InChI is InChI=1S/C18H27ClN2O4S/c1-13(18(22)20-14-8-6-4-5-7-9-14)21(26(3,23)24)15-10-11-17(25-2)16(19)12-15/h10-14H,4-9H2,1-3H3,(H,20,22)/t13-/m1/s1. The Balaban J connectivity index is 2.23. The zero-order valence-corrected chi connectivity index (χ0v) is 17.1. The number of sulfonamides is 1. The summed E-state index contributed by atoms with van der Waals surface area (Å²) in [6.45, 7) is 1.59. The molecule has 0 spiro atoms. The third kappa shape index (κ3) is 5.27. The van der Waals surface area contributed by atoms with Crippen LogP contribution in [0.4, 0.5) is 5.69 Å². The lowest BCUT2D eigenvalue weighted by molar-refractivity contribution is -0.122. The number of amides is 1. The topological polar surface area (TPSA) is 75.7 Å². The van der Waals surface area contributed by atoms with Gasteiger partial charge >= 0.3 is 0 Å². The molecule has 6 nitrogen and oxygen atoms in total. The van der Waals surface area contributed by atoms with Crippen LogP contribution in [0.1, 0.15) is 45.4 Å². The van der Waals surface area contributed by atoms with Crippen LogP contribution >= 0.6 is 11.6 Å². The fourth-order valence-electron chi connectivity index (χ4n) is 3.35. The van der Waals surface area contributed by atoms with Crippen molar-refractivity contribution in [2.45, 2.75) is 57.5 Å². The van der Waals surface area contributed by atoms with Crippen molar-refractivity contribution in [3.8, 4) is 5.75 Å². The Labute approximate surface area is 160 Å². The second kappa shape index (κ2) is 8.95. The molecule has 0 aliphatic heterocycles. The van der Waals surface area contributed by atoms with E-state index in [1.54, 1.807) is 19.1 Å². The molecule has 0 heterocycles. The van der Waals surface area contributed by atoms with E-state index in [1.807, 2.05) is 0 Å².